The van der Waals surface area contributed by atoms with Crippen LogP contribution in [0.5, 0.6) is 0 Å². The van der Waals surface area contributed by atoms with E-state index in [9.17, 15) is 0 Å². The molecule has 0 unspecified atom stereocenters. The van der Waals surface area contributed by atoms with Crippen LogP contribution in [0.25, 0.3) is 11.1 Å². The van der Waals surface area contributed by atoms with Gasteiger partial charge in [-0.1, -0.05) is 108 Å². The lowest BCUT2D eigenvalue weighted by Crippen LogP contribution is -2.45. The van der Waals surface area contributed by atoms with E-state index in [1.807, 2.05) is 0 Å². The largest absolute Gasteiger partial charge is 0.355 e. The lowest BCUT2D eigenvalue weighted by molar-refractivity contribution is 0.332. The highest BCUT2D eigenvalue weighted by Gasteiger charge is 2.42. The lowest BCUT2D eigenvalue weighted by Gasteiger charge is -2.46. The van der Waals surface area contributed by atoms with E-state index in [0.29, 0.717) is 0 Å². The average molecular weight is 586 g/mol. The Balaban J connectivity index is 1.41. The quantitative estimate of drug-likeness (QED) is 0.208. The molecule has 45 heavy (non-hydrogen) atoms. The zero-order valence-corrected chi connectivity index (χ0v) is 27.7. The van der Waals surface area contributed by atoms with Gasteiger partial charge in [-0.15, -0.1) is 0 Å². The van der Waals surface area contributed by atoms with Gasteiger partial charge in [-0.3, -0.25) is 0 Å². The number of rotatable bonds is 3. The summed E-state index contributed by atoms with van der Waals surface area (Å²) >= 11 is 0. The second-order valence-electron chi connectivity index (χ2n) is 15.3. The molecule has 1 N–H and O–H groups in total. The molecule has 0 aromatic heterocycles. The van der Waals surface area contributed by atoms with Crippen molar-refractivity contribution in [1.29, 1.82) is 0 Å². The molecule has 0 bridgehead atoms. The fourth-order valence-corrected chi connectivity index (χ4v) is 8.26. The first-order chi connectivity index (χ1) is 21.5. The standard InChI is InChI=1S/C42H42BN2/c1-26-22-29(28-24-32-33(41(4,5)21-20-40(32,2)3)25-35(28)44-27-14-9-8-10-15-27)38-37(23-26)45-36-19-12-11-16-30(36)42(6,7)31-17-13-18-34(43-38)39(31)45/h8-19,22-25,44H,20-21H2,1-7H3. The van der Waals surface area contributed by atoms with E-state index in [0.717, 1.165) is 5.69 Å². The van der Waals surface area contributed by atoms with Crippen molar-refractivity contribution in [2.75, 3.05) is 10.2 Å². The third kappa shape index (κ3) is 4.23. The van der Waals surface area contributed by atoms with Crippen LogP contribution in [0.4, 0.5) is 28.4 Å². The van der Waals surface area contributed by atoms with Gasteiger partial charge in [0.25, 0.3) is 0 Å². The number of aryl methyl sites for hydroxylation is 1. The van der Waals surface area contributed by atoms with E-state index in [4.69, 9.17) is 0 Å². The molecule has 1 aliphatic carbocycles. The first-order valence-corrected chi connectivity index (χ1v) is 16.5. The maximum Gasteiger partial charge on any atom is 0.197 e. The van der Waals surface area contributed by atoms with Crippen LogP contribution in [0, 0.1) is 6.92 Å². The monoisotopic (exact) mass is 585 g/mol. The van der Waals surface area contributed by atoms with Gasteiger partial charge in [0.1, 0.15) is 0 Å². The number of benzene rings is 5. The molecule has 0 saturated carbocycles. The van der Waals surface area contributed by atoms with Crippen LogP contribution in [0.15, 0.2) is 97.1 Å². The average Bonchev–Trinajstić information content (AvgIpc) is 3.02. The predicted molar refractivity (Wildman–Crippen MR) is 193 cm³/mol. The van der Waals surface area contributed by atoms with E-state index < -0.39 is 0 Å². The Morgan fingerprint density at radius 1 is 0.622 bits per heavy atom. The predicted octanol–water partition coefficient (Wildman–Crippen LogP) is 9.83. The molecule has 0 atom stereocenters. The topological polar surface area (TPSA) is 15.3 Å². The smallest absolute Gasteiger partial charge is 0.197 e. The van der Waals surface area contributed by atoms with Crippen LogP contribution in [0.3, 0.4) is 0 Å². The maximum atomic E-state index is 3.88. The molecular formula is C42H42BN2. The highest BCUT2D eigenvalue weighted by atomic mass is 15.2. The summed E-state index contributed by atoms with van der Waals surface area (Å²) in [6.07, 6.45) is 2.38. The summed E-state index contributed by atoms with van der Waals surface area (Å²) < 4.78 is 0. The molecule has 8 rings (SSSR count). The molecule has 3 heteroatoms. The number of fused-ring (bicyclic) bond motifs is 5. The summed E-state index contributed by atoms with van der Waals surface area (Å²) in [5, 5.41) is 3.88. The molecule has 2 aliphatic heterocycles. The zero-order valence-electron chi connectivity index (χ0n) is 27.7. The van der Waals surface area contributed by atoms with Gasteiger partial charge in [-0.05, 0) is 106 Å². The van der Waals surface area contributed by atoms with Crippen molar-refractivity contribution < 1.29 is 0 Å². The summed E-state index contributed by atoms with van der Waals surface area (Å²) in [5.74, 6) is 0. The van der Waals surface area contributed by atoms with Crippen molar-refractivity contribution in [1.82, 2.24) is 0 Å². The van der Waals surface area contributed by atoms with E-state index >= 15 is 0 Å². The number of hydrogen-bond donors (Lipinski definition) is 1. The van der Waals surface area contributed by atoms with Gasteiger partial charge in [0.15, 0.2) is 7.28 Å². The second-order valence-corrected chi connectivity index (χ2v) is 15.3. The SMILES string of the molecule is Cc1cc(-c2cc3c(cc2Nc2ccccc2)C(C)(C)CCC3(C)C)c2c(c1)N1c3ccccc3C(C)(C)c3cccc(c31)[B]2. The molecule has 2 nitrogen and oxygen atoms in total. The normalized spacial score (nSPS) is 17.7. The van der Waals surface area contributed by atoms with Crippen LogP contribution in [0.1, 0.15) is 82.2 Å². The Hall–Kier alpha value is -4.24. The Morgan fingerprint density at radius 3 is 2.04 bits per heavy atom. The van der Waals surface area contributed by atoms with Gasteiger partial charge in [0, 0.05) is 33.7 Å². The molecule has 5 aromatic rings. The van der Waals surface area contributed by atoms with Crippen molar-refractivity contribution in [3.63, 3.8) is 0 Å². The Morgan fingerprint density at radius 2 is 1.29 bits per heavy atom. The summed E-state index contributed by atoms with van der Waals surface area (Å²) in [4.78, 5) is 2.55. The van der Waals surface area contributed by atoms with Gasteiger partial charge in [0.05, 0.1) is 5.69 Å². The van der Waals surface area contributed by atoms with Crippen LogP contribution < -0.4 is 21.1 Å². The van der Waals surface area contributed by atoms with E-state index in [1.165, 1.54) is 85.5 Å². The van der Waals surface area contributed by atoms with Crippen LogP contribution >= 0.6 is 0 Å². The molecule has 0 amide bonds. The summed E-state index contributed by atoms with van der Waals surface area (Å²) in [6, 6.07) is 36.3. The third-order valence-corrected chi connectivity index (χ3v) is 11.0. The van der Waals surface area contributed by atoms with Gasteiger partial charge >= 0.3 is 0 Å². The fourth-order valence-electron chi connectivity index (χ4n) is 8.26. The molecule has 0 fully saturated rings. The molecular weight excluding hydrogens is 543 g/mol. The van der Waals surface area contributed by atoms with E-state index in [-0.39, 0.29) is 16.2 Å². The van der Waals surface area contributed by atoms with Crippen molar-refractivity contribution in [3.8, 4) is 11.1 Å². The van der Waals surface area contributed by atoms with Gasteiger partial charge in [0.2, 0.25) is 0 Å². The fraction of sp³-hybridized carbons (Fsp3) is 0.286. The van der Waals surface area contributed by atoms with Gasteiger partial charge in [-0.25, -0.2) is 0 Å². The Labute approximate surface area is 269 Å². The van der Waals surface area contributed by atoms with Crippen molar-refractivity contribution in [2.45, 2.75) is 77.6 Å². The van der Waals surface area contributed by atoms with Crippen molar-refractivity contribution >= 4 is 46.6 Å². The van der Waals surface area contributed by atoms with E-state index in [1.54, 1.807) is 0 Å². The lowest BCUT2D eigenvalue weighted by atomic mass is 9.55. The number of nitrogens with one attached hydrogen (secondary N) is 1. The Bertz CT molecular complexity index is 2000. The highest BCUT2D eigenvalue weighted by Crippen LogP contribution is 2.53. The number of hydrogen-bond acceptors (Lipinski definition) is 2. The molecule has 5 aromatic carbocycles. The van der Waals surface area contributed by atoms with Crippen LogP contribution in [0.2, 0.25) is 0 Å². The van der Waals surface area contributed by atoms with Gasteiger partial charge in [-0.2, -0.15) is 0 Å². The minimum atomic E-state index is -0.0832. The summed E-state index contributed by atoms with van der Waals surface area (Å²) in [5.41, 5.74) is 18.4. The molecule has 0 spiro atoms. The minimum Gasteiger partial charge on any atom is -0.355 e. The third-order valence-electron chi connectivity index (χ3n) is 11.0. The van der Waals surface area contributed by atoms with Crippen molar-refractivity contribution in [3.05, 3.63) is 125 Å². The maximum absolute atomic E-state index is 3.88. The van der Waals surface area contributed by atoms with Crippen LogP contribution in [-0.4, -0.2) is 7.28 Å². The summed E-state index contributed by atoms with van der Waals surface area (Å²) in [6.45, 7) is 16.7. The molecule has 223 valence electrons. The van der Waals surface area contributed by atoms with Crippen LogP contribution in [-0.2, 0) is 16.2 Å². The molecule has 2 heterocycles. The van der Waals surface area contributed by atoms with E-state index in [2.05, 4.69) is 163 Å². The first-order valence-electron chi connectivity index (χ1n) is 16.5. The molecule has 3 aliphatic rings. The minimum absolute atomic E-state index is 0.0832. The first kappa shape index (κ1) is 28.3. The molecule has 0 saturated heterocycles. The Kier molecular flexibility index (Phi) is 6.05. The molecule has 1 radical (unpaired) electrons. The highest BCUT2D eigenvalue weighted by molar-refractivity contribution is 6.73. The summed E-state index contributed by atoms with van der Waals surface area (Å²) in [7, 11) is 2.45. The number of anilines is 5. The number of nitrogens with zero attached hydrogens (tertiary/aromatic N) is 1. The van der Waals surface area contributed by atoms with Gasteiger partial charge < -0.3 is 10.2 Å². The zero-order chi connectivity index (χ0) is 31.3. The second kappa shape index (κ2) is 9.63. The van der Waals surface area contributed by atoms with Crippen molar-refractivity contribution in [2.24, 2.45) is 0 Å². The number of para-hydroxylation sites is 3.